The number of nitrogens with zero attached hydrogens (tertiary/aromatic N) is 1. The van der Waals surface area contributed by atoms with Gasteiger partial charge in [0, 0.05) is 29.3 Å². The molecule has 0 saturated heterocycles. The van der Waals surface area contributed by atoms with Crippen LogP contribution in [0.1, 0.15) is 47.7 Å². The van der Waals surface area contributed by atoms with Gasteiger partial charge in [-0.15, -0.1) is 0 Å². The van der Waals surface area contributed by atoms with E-state index < -0.39 is 5.97 Å². The second-order valence-electron chi connectivity index (χ2n) is 7.57. The Labute approximate surface area is 176 Å². The van der Waals surface area contributed by atoms with Crippen LogP contribution in [-0.4, -0.2) is 36.0 Å². The number of rotatable bonds is 8. The summed E-state index contributed by atoms with van der Waals surface area (Å²) < 4.78 is 5.73. The van der Waals surface area contributed by atoms with E-state index in [1.165, 1.54) is 0 Å². The summed E-state index contributed by atoms with van der Waals surface area (Å²) in [5.41, 5.74) is 8.28. The molecule has 0 radical (unpaired) electrons. The first kappa shape index (κ1) is 21.4. The van der Waals surface area contributed by atoms with Crippen molar-refractivity contribution in [3.05, 3.63) is 59.2 Å². The largest absolute Gasteiger partial charge is 0.493 e. The molecule has 0 fully saturated rings. The lowest BCUT2D eigenvalue weighted by Crippen LogP contribution is -2.32. The summed E-state index contributed by atoms with van der Waals surface area (Å²) in [6, 6.07) is 12.4. The Bertz CT molecular complexity index is 940. The molecular weight excluding hydrogens is 382 g/mol. The van der Waals surface area contributed by atoms with Crippen LogP contribution in [0.25, 0.3) is 0 Å². The predicted octanol–water partition coefficient (Wildman–Crippen LogP) is 3.44. The van der Waals surface area contributed by atoms with Crippen molar-refractivity contribution in [1.82, 2.24) is 0 Å². The van der Waals surface area contributed by atoms with Crippen LogP contribution >= 0.6 is 0 Å². The third-order valence-corrected chi connectivity index (χ3v) is 5.23. The van der Waals surface area contributed by atoms with Crippen molar-refractivity contribution in [3.8, 4) is 5.75 Å². The lowest BCUT2D eigenvalue weighted by molar-refractivity contribution is -0.138. The lowest BCUT2D eigenvalue weighted by Gasteiger charge is -2.28. The number of nitrogen functional groups attached to an aromatic ring is 1. The average molecular weight is 409 g/mol. The Kier molecular flexibility index (Phi) is 6.72. The number of nitrogens with two attached hydrogens (primary N) is 1. The minimum absolute atomic E-state index is 0.0394. The number of aliphatic carboxylic acids is 1. The normalized spacial score (nSPS) is 15.0. The molecule has 1 amide bonds. The Hall–Kier alpha value is -3.35. The molecule has 158 valence electrons. The van der Waals surface area contributed by atoms with Crippen LogP contribution in [0.5, 0.6) is 5.75 Å². The van der Waals surface area contributed by atoms with Gasteiger partial charge in [0.2, 0.25) is 0 Å². The van der Waals surface area contributed by atoms with Gasteiger partial charge in [-0.3, -0.25) is 15.0 Å². The number of carboxylic acids is 1. The van der Waals surface area contributed by atoms with E-state index in [0.717, 1.165) is 29.8 Å². The number of nitrogens with one attached hydrogen (secondary N) is 1. The van der Waals surface area contributed by atoms with Gasteiger partial charge in [0.1, 0.15) is 11.6 Å². The minimum atomic E-state index is -0.836. The number of fused-ring (bicyclic) bond motifs is 1. The van der Waals surface area contributed by atoms with E-state index in [2.05, 4.69) is 6.92 Å². The molecule has 1 unspecified atom stereocenters. The molecule has 30 heavy (non-hydrogen) atoms. The summed E-state index contributed by atoms with van der Waals surface area (Å²) in [4.78, 5) is 26.0. The van der Waals surface area contributed by atoms with Crippen LogP contribution in [0.2, 0.25) is 0 Å². The molecule has 7 heteroatoms. The lowest BCUT2D eigenvalue weighted by atomic mass is 9.93. The third-order valence-electron chi connectivity index (χ3n) is 5.23. The predicted molar refractivity (Wildman–Crippen MR) is 115 cm³/mol. The first-order chi connectivity index (χ1) is 14.4. The zero-order valence-electron chi connectivity index (χ0n) is 17.1. The van der Waals surface area contributed by atoms with Gasteiger partial charge in [-0.1, -0.05) is 25.5 Å². The monoisotopic (exact) mass is 409 g/mol. The van der Waals surface area contributed by atoms with Gasteiger partial charge in [-0.2, -0.15) is 0 Å². The number of carbonyl (C=O) groups excluding carboxylic acids is 1. The maximum absolute atomic E-state index is 13.2. The quantitative estimate of drug-likeness (QED) is 0.456. The highest BCUT2D eigenvalue weighted by molar-refractivity contribution is 6.06. The summed E-state index contributed by atoms with van der Waals surface area (Å²) in [6.45, 7) is 3.03. The molecule has 2 aromatic carbocycles. The van der Waals surface area contributed by atoms with Crippen molar-refractivity contribution < 1.29 is 19.4 Å². The molecule has 1 aliphatic rings. The summed E-state index contributed by atoms with van der Waals surface area (Å²) in [5, 5.41) is 16.6. The third kappa shape index (κ3) is 4.97. The van der Waals surface area contributed by atoms with Gasteiger partial charge < -0.3 is 20.5 Å². The summed E-state index contributed by atoms with van der Waals surface area (Å²) in [6.07, 6.45) is 2.47. The zero-order valence-corrected chi connectivity index (χ0v) is 17.1. The van der Waals surface area contributed by atoms with E-state index in [-0.39, 0.29) is 24.1 Å². The molecule has 0 aliphatic carbocycles. The van der Waals surface area contributed by atoms with Crippen molar-refractivity contribution in [2.45, 2.75) is 32.6 Å². The van der Waals surface area contributed by atoms with Crippen LogP contribution in [0.15, 0.2) is 42.5 Å². The van der Waals surface area contributed by atoms with E-state index >= 15 is 0 Å². The molecule has 0 spiro atoms. The smallest absolute Gasteiger partial charge is 0.303 e. The number of hydrogen-bond acceptors (Lipinski definition) is 4. The van der Waals surface area contributed by atoms with Crippen molar-refractivity contribution in [2.75, 3.05) is 18.1 Å². The van der Waals surface area contributed by atoms with Crippen molar-refractivity contribution in [1.29, 1.82) is 5.41 Å². The molecule has 1 atom stereocenters. The Balaban J connectivity index is 1.87. The first-order valence-electron chi connectivity index (χ1n) is 10.1. The van der Waals surface area contributed by atoms with E-state index in [0.29, 0.717) is 30.7 Å². The van der Waals surface area contributed by atoms with Gasteiger partial charge in [0.15, 0.2) is 0 Å². The number of unbranched alkanes of at least 4 members (excludes halogenated alkanes) is 1. The van der Waals surface area contributed by atoms with Gasteiger partial charge in [0.25, 0.3) is 5.91 Å². The molecule has 3 rings (SSSR count). The molecule has 7 nitrogen and oxygen atoms in total. The number of ether oxygens (including phenoxy) is 1. The van der Waals surface area contributed by atoms with E-state index in [1.807, 2.05) is 18.2 Å². The number of benzene rings is 2. The topological polar surface area (TPSA) is 117 Å². The van der Waals surface area contributed by atoms with Crippen molar-refractivity contribution in [2.24, 2.45) is 11.7 Å². The van der Waals surface area contributed by atoms with E-state index in [9.17, 15) is 9.59 Å². The maximum atomic E-state index is 13.2. The first-order valence-corrected chi connectivity index (χ1v) is 10.1. The van der Waals surface area contributed by atoms with Gasteiger partial charge >= 0.3 is 5.97 Å². The summed E-state index contributed by atoms with van der Waals surface area (Å²) >= 11 is 0. The molecule has 2 aromatic rings. The van der Waals surface area contributed by atoms with E-state index in [1.54, 1.807) is 29.2 Å². The van der Waals surface area contributed by atoms with E-state index in [4.69, 9.17) is 21.0 Å². The van der Waals surface area contributed by atoms with Crippen LogP contribution in [-0.2, 0) is 11.2 Å². The molecule has 1 heterocycles. The number of carbonyl (C=O) groups is 2. The fourth-order valence-corrected chi connectivity index (χ4v) is 3.60. The van der Waals surface area contributed by atoms with Crippen LogP contribution in [0.4, 0.5) is 5.69 Å². The minimum Gasteiger partial charge on any atom is -0.493 e. The fourth-order valence-electron chi connectivity index (χ4n) is 3.60. The van der Waals surface area contributed by atoms with Crippen molar-refractivity contribution >= 4 is 23.4 Å². The van der Waals surface area contributed by atoms with Crippen LogP contribution in [0, 0.1) is 11.3 Å². The highest BCUT2D eigenvalue weighted by Gasteiger charge is 2.24. The van der Waals surface area contributed by atoms with Gasteiger partial charge in [-0.05, 0) is 48.7 Å². The van der Waals surface area contributed by atoms with Gasteiger partial charge in [-0.25, -0.2) is 0 Å². The molecule has 1 aliphatic heterocycles. The number of amidine groups is 1. The molecule has 0 bridgehead atoms. The SMILES string of the molecule is CCCCN(C(=O)c1ccc(C(=N)N)cc1)c1ccc2c(c1)CC(CC(=O)O)CO2. The second-order valence-corrected chi connectivity index (χ2v) is 7.57. The maximum Gasteiger partial charge on any atom is 0.303 e. The van der Waals surface area contributed by atoms with Gasteiger partial charge in [0.05, 0.1) is 13.0 Å². The molecule has 4 N–H and O–H groups in total. The summed E-state index contributed by atoms with van der Waals surface area (Å²) in [5.74, 6) is -0.338. The molecule has 0 saturated carbocycles. The average Bonchev–Trinajstić information content (AvgIpc) is 2.73. The van der Waals surface area contributed by atoms with Crippen molar-refractivity contribution in [3.63, 3.8) is 0 Å². The number of hydrogen-bond donors (Lipinski definition) is 3. The Morgan fingerprint density at radius 2 is 1.90 bits per heavy atom. The molecule has 0 aromatic heterocycles. The number of anilines is 1. The number of carboxylic acid groups (broad SMARTS) is 1. The van der Waals surface area contributed by atoms with Crippen LogP contribution < -0.4 is 15.4 Å². The standard InChI is InChI=1S/C23H27N3O4/c1-2-3-10-26(23(29)17-6-4-16(5-7-17)22(24)25)19-8-9-20-18(13-19)11-15(14-30-20)12-21(27)28/h4-9,13,15H,2-3,10-12,14H2,1H3,(H3,24,25)(H,27,28). The Morgan fingerprint density at radius 3 is 2.53 bits per heavy atom. The molecular formula is C23H27N3O4. The zero-order chi connectivity index (χ0) is 21.7. The number of amides is 1. The highest BCUT2D eigenvalue weighted by Crippen LogP contribution is 2.33. The van der Waals surface area contributed by atoms with Crippen LogP contribution in [0.3, 0.4) is 0 Å². The highest BCUT2D eigenvalue weighted by atomic mass is 16.5. The second kappa shape index (κ2) is 9.43. The fraction of sp³-hybridized carbons (Fsp3) is 0.348. The Morgan fingerprint density at radius 1 is 1.20 bits per heavy atom. The summed E-state index contributed by atoms with van der Waals surface area (Å²) in [7, 11) is 0.